The lowest BCUT2D eigenvalue weighted by Crippen LogP contribution is -2.25. The van der Waals surface area contributed by atoms with E-state index in [1.807, 2.05) is 0 Å². The van der Waals surface area contributed by atoms with Gasteiger partial charge in [-0.1, -0.05) is 382 Å². The molecule has 0 unspecified atom stereocenters. The zero-order valence-electron chi connectivity index (χ0n) is 45.1. The number of hydrogen-bond acceptors (Lipinski definition) is 0. The Morgan fingerprint density at radius 1 is 0.186 bits per heavy atom. The van der Waals surface area contributed by atoms with Gasteiger partial charge in [0, 0.05) is 11.8 Å². The van der Waals surface area contributed by atoms with Crippen LogP contribution in [0.25, 0.3) is 87.6 Å². The molecule has 0 radical (unpaired) electrons. The summed E-state index contributed by atoms with van der Waals surface area (Å²) in [5.74, 6) is 0.102. The fourth-order valence-corrected chi connectivity index (χ4v) is 13.7. The van der Waals surface area contributed by atoms with Crippen LogP contribution >= 0.6 is 139 Å². The largest absolute Gasteiger partial charge is 0.180 e. The van der Waals surface area contributed by atoms with Gasteiger partial charge in [-0.05, 0) is 154 Å². The Hall–Kier alpha value is -5.36. The molecule has 0 N–H and O–H groups in total. The van der Waals surface area contributed by atoms with E-state index >= 15 is 0 Å². The van der Waals surface area contributed by atoms with Crippen LogP contribution in [-0.2, 0) is 0 Å². The lowest BCUT2D eigenvalue weighted by molar-refractivity contribution is 0.678. The van der Waals surface area contributed by atoms with Gasteiger partial charge in [0.05, 0.1) is 0 Å². The van der Waals surface area contributed by atoms with Crippen molar-refractivity contribution in [2.75, 3.05) is 0 Å². The van der Waals surface area contributed by atoms with Gasteiger partial charge < -0.3 is 0 Å². The quantitative estimate of drug-likeness (QED) is 0.144. The molecule has 12 heteroatoms. The van der Waals surface area contributed by atoms with Crippen molar-refractivity contribution < 1.29 is 0 Å². The van der Waals surface area contributed by atoms with Crippen LogP contribution in [0.5, 0.6) is 0 Å². The zero-order chi connectivity index (χ0) is 59.9. The molecule has 426 valence electrons. The molecule has 86 heavy (non-hydrogen) atoms. The van der Waals surface area contributed by atoms with Gasteiger partial charge >= 0.3 is 0 Å². The molecule has 12 aromatic carbocycles. The molecular formula is C74H46Cl12. The SMILES string of the molecule is ClC(Cl)Cl.ClC(Cl)Cl.ClC(Cl)Cl.ClC(Cl)Cl.c1ccc2c(c1)C(=C1c3ccc4ccccc4c3-c3c1ccc1ccccc31)c1ccccc1C2C1c2ccccc2C(=C2c3ccc4ccccc4c3-c3c2ccc2ccccc32)c2ccccc21. The van der Waals surface area contributed by atoms with E-state index < -0.39 is 17.2 Å². The van der Waals surface area contributed by atoms with E-state index in [0.29, 0.717) is 0 Å². The molecular weight excluding hydrogens is 1310 g/mol. The first-order valence-corrected chi connectivity index (χ1v) is 32.6. The maximum Gasteiger partial charge on any atom is 0.180 e. The van der Waals surface area contributed by atoms with Gasteiger partial charge in [0.2, 0.25) is 0 Å². The second kappa shape index (κ2) is 26.4. The van der Waals surface area contributed by atoms with E-state index in [9.17, 15) is 0 Å². The number of rotatable bonds is 1. The van der Waals surface area contributed by atoms with Crippen LogP contribution < -0.4 is 0 Å². The Labute approximate surface area is 559 Å². The fourth-order valence-electron chi connectivity index (χ4n) is 13.7. The van der Waals surface area contributed by atoms with Gasteiger partial charge in [-0.25, -0.2) is 0 Å². The summed E-state index contributed by atoms with van der Waals surface area (Å²) in [6, 6.07) is 92.2. The summed E-state index contributed by atoms with van der Waals surface area (Å²) >= 11 is 57.7. The molecule has 4 aliphatic rings. The highest BCUT2D eigenvalue weighted by molar-refractivity contribution is 6.64. The van der Waals surface area contributed by atoms with E-state index in [2.05, 4.69) is 243 Å². The maximum absolute atomic E-state index is 4.81. The number of fused-ring (bicyclic) bond motifs is 18. The molecule has 0 fully saturated rings. The Morgan fingerprint density at radius 3 is 0.581 bits per heavy atom. The Morgan fingerprint density at radius 2 is 0.360 bits per heavy atom. The van der Waals surface area contributed by atoms with Crippen LogP contribution in [-0.4, -0.2) is 17.2 Å². The van der Waals surface area contributed by atoms with Crippen LogP contribution in [0.15, 0.2) is 243 Å². The molecule has 16 rings (SSSR count). The average Bonchev–Trinajstić information content (AvgIpc) is 1.40. The second-order valence-corrected chi connectivity index (χ2v) is 28.5. The first-order valence-electron chi connectivity index (χ1n) is 27.4. The van der Waals surface area contributed by atoms with Gasteiger partial charge in [0.1, 0.15) is 0 Å². The van der Waals surface area contributed by atoms with Crippen LogP contribution in [0.3, 0.4) is 0 Å². The summed E-state index contributed by atoms with van der Waals surface area (Å²) in [5.41, 5.74) is 26.7. The summed E-state index contributed by atoms with van der Waals surface area (Å²) in [6.45, 7) is 0. The molecule has 0 saturated carbocycles. The number of hydrogen-bond donors (Lipinski definition) is 0. The van der Waals surface area contributed by atoms with Crippen molar-refractivity contribution in [3.63, 3.8) is 0 Å². The van der Waals surface area contributed by atoms with Crippen molar-refractivity contribution in [1.82, 2.24) is 0 Å². The first-order chi connectivity index (χ1) is 41.7. The van der Waals surface area contributed by atoms with E-state index in [-0.39, 0.29) is 11.8 Å². The molecule has 0 bridgehead atoms. The van der Waals surface area contributed by atoms with E-state index in [0.717, 1.165) is 0 Å². The highest BCUT2D eigenvalue weighted by atomic mass is 35.6. The summed E-state index contributed by atoms with van der Waals surface area (Å²) < 4.78 is -3.00. The third-order valence-electron chi connectivity index (χ3n) is 16.4. The third kappa shape index (κ3) is 11.5. The van der Waals surface area contributed by atoms with E-state index in [4.69, 9.17) is 139 Å². The van der Waals surface area contributed by atoms with Crippen LogP contribution in [0.1, 0.15) is 78.6 Å². The second-order valence-electron chi connectivity index (χ2n) is 20.6. The third-order valence-corrected chi connectivity index (χ3v) is 16.4. The van der Waals surface area contributed by atoms with Crippen molar-refractivity contribution in [3.05, 3.63) is 309 Å². The lowest BCUT2D eigenvalue weighted by Gasteiger charge is -2.41. The van der Waals surface area contributed by atoms with Crippen molar-refractivity contribution >= 4 is 205 Å². The summed E-state index contributed by atoms with van der Waals surface area (Å²) in [5, 5.41) is 10.3. The minimum atomic E-state index is -0.750. The molecule has 0 aromatic heterocycles. The van der Waals surface area contributed by atoms with Crippen molar-refractivity contribution in [2.45, 2.75) is 29.0 Å². The smallest absolute Gasteiger partial charge is 0.0874 e. The van der Waals surface area contributed by atoms with Gasteiger partial charge in [-0.15, -0.1) is 0 Å². The van der Waals surface area contributed by atoms with Crippen LogP contribution in [0.4, 0.5) is 0 Å². The summed E-state index contributed by atoms with van der Waals surface area (Å²) in [6.07, 6.45) is 0. The molecule has 4 aliphatic carbocycles. The molecule has 0 aliphatic heterocycles. The highest BCUT2D eigenvalue weighted by Crippen LogP contribution is 2.62. The highest BCUT2D eigenvalue weighted by Gasteiger charge is 2.43. The van der Waals surface area contributed by atoms with Gasteiger partial charge in [0.15, 0.2) is 17.2 Å². The fraction of sp³-hybridized carbons (Fsp3) is 0.0811. The summed E-state index contributed by atoms with van der Waals surface area (Å²) in [7, 11) is 0. The molecule has 12 aromatic rings. The van der Waals surface area contributed by atoms with Crippen molar-refractivity contribution in [3.8, 4) is 22.3 Å². The van der Waals surface area contributed by atoms with Crippen LogP contribution in [0.2, 0.25) is 0 Å². The van der Waals surface area contributed by atoms with Crippen molar-refractivity contribution in [1.29, 1.82) is 0 Å². The number of halogens is 12. The monoisotopic (exact) mass is 1350 g/mol. The Balaban J connectivity index is 0.000000407. The van der Waals surface area contributed by atoms with E-state index in [1.54, 1.807) is 0 Å². The Kier molecular flexibility index (Phi) is 18.7. The molecule has 0 amide bonds. The maximum atomic E-state index is 4.81. The Bertz CT molecular complexity index is 4050. The summed E-state index contributed by atoms with van der Waals surface area (Å²) in [4.78, 5) is 0. The lowest BCUT2D eigenvalue weighted by atomic mass is 9.62. The molecule has 0 spiro atoms. The molecule has 0 heterocycles. The topological polar surface area (TPSA) is 0 Å². The van der Waals surface area contributed by atoms with E-state index in [1.165, 1.54) is 154 Å². The predicted octanol–water partition coefficient (Wildman–Crippen LogP) is 25.8. The average molecular weight is 1360 g/mol. The number of benzene rings is 12. The number of alkyl halides is 12. The zero-order valence-corrected chi connectivity index (χ0v) is 54.2. The predicted molar refractivity (Wildman–Crippen MR) is 379 cm³/mol. The first kappa shape index (κ1) is 60.9. The minimum Gasteiger partial charge on any atom is -0.0874 e. The van der Waals surface area contributed by atoms with Crippen LogP contribution in [0, 0.1) is 0 Å². The van der Waals surface area contributed by atoms with Crippen molar-refractivity contribution in [2.24, 2.45) is 0 Å². The standard InChI is InChI=1S/C70H42.4CHCl3/c1-5-21-45-41(17-1)33-37-57-61(45)62-46-22-6-2-18-42(46)34-38-58(62)69(57)67-53-29-13-9-25-49(53)65(50-26-10-14-30-54(50)67)66-51-27-11-15-31-55(51)68(56-32-16-12-28-52(56)66)70-59-39-35-43-19-3-7-23-47(43)63(59)64-48-24-8-4-20-44(48)36-40-60(64)70;4*2-1(3)4/h1-40,65-66H;4*1H. The van der Waals surface area contributed by atoms with Gasteiger partial charge in [-0.2, -0.15) is 0 Å². The normalized spacial score (nSPS) is 14.6. The minimum absolute atomic E-state index is 0.0511. The van der Waals surface area contributed by atoms with Gasteiger partial charge in [0.25, 0.3) is 0 Å². The van der Waals surface area contributed by atoms with Gasteiger partial charge in [-0.3, -0.25) is 0 Å². The molecule has 0 atom stereocenters. The molecule has 0 nitrogen and oxygen atoms in total. The molecule has 0 saturated heterocycles.